The molecular weight excluding hydrogens is 152 g/mol. The lowest BCUT2D eigenvalue weighted by atomic mass is 10.0. The number of nitrogens with zero attached hydrogens (tertiary/aromatic N) is 2. The number of furan rings is 1. The molecule has 0 saturated carbocycles. The van der Waals surface area contributed by atoms with E-state index in [0.717, 1.165) is 5.76 Å². The second-order valence-electron chi connectivity index (χ2n) is 3.74. The van der Waals surface area contributed by atoms with Crippen molar-refractivity contribution >= 4 is 5.69 Å². The van der Waals surface area contributed by atoms with Gasteiger partial charge in [-0.15, -0.1) is 0 Å². The van der Waals surface area contributed by atoms with Crippen LogP contribution in [-0.2, 0) is 5.54 Å². The van der Waals surface area contributed by atoms with E-state index in [1.165, 1.54) is 5.69 Å². The van der Waals surface area contributed by atoms with Crippen LogP contribution in [0.3, 0.4) is 0 Å². The van der Waals surface area contributed by atoms with Gasteiger partial charge in [-0.3, -0.25) is 0 Å². The molecule has 0 bridgehead atoms. The van der Waals surface area contributed by atoms with Gasteiger partial charge in [-0.1, -0.05) is 0 Å². The van der Waals surface area contributed by atoms with Crippen molar-refractivity contribution in [2.75, 3.05) is 19.1 Å². The molecule has 66 valence electrons. The Bertz CT molecular complexity index is 303. The Morgan fingerprint density at radius 3 is 2.58 bits per heavy atom. The molecule has 2 heterocycles. The van der Waals surface area contributed by atoms with Gasteiger partial charge in [0.2, 0.25) is 0 Å². The van der Waals surface area contributed by atoms with Crippen molar-refractivity contribution in [2.24, 2.45) is 0 Å². The Kier molecular flexibility index (Phi) is 1.31. The van der Waals surface area contributed by atoms with E-state index in [2.05, 4.69) is 30.9 Å². The van der Waals surface area contributed by atoms with E-state index in [4.69, 9.17) is 4.42 Å². The lowest BCUT2D eigenvalue weighted by Gasteiger charge is -2.31. The number of anilines is 1. The maximum absolute atomic E-state index is 5.45. The van der Waals surface area contributed by atoms with Gasteiger partial charge in [-0.2, -0.15) is 0 Å². The van der Waals surface area contributed by atoms with Gasteiger partial charge in [-0.25, -0.2) is 5.01 Å². The van der Waals surface area contributed by atoms with Crippen molar-refractivity contribution in [3.63, 3.8) is 0 Å². The van der Waals surface area contributed by atoms with E-state index in [1.807, 2.05) is 13.1 Å². The molecule has 0 aliphatic carbocycles. The molecule has 1 aromatic heterocycles. The molecular formula is C9H14N2O. The molecule has 12 heavy (non-hydrogen) atoms. The third-order valence-corrected chi connectivity index (χ3v) is 2.81. The van der Waals surface area contributed by atoms with E-state index < -0.39 is 0 Å². The van der Waals surface area contributed by atoms with Crippen molar-refractivity contribution in [1.29, 1.82) is 0 Å². The lowest BCUT2D eigenvalue weighted by Crippen LogP contribution is -2.42. The van der Waals surface area contributed by atoms with Gasteiger partial charge in [0, 0.05) is 20.2 Å². The van der Waals surface area contributed by atoms with Gasteiger partial charge in [0.25, 0.3) is 0 Å². The maximum Gasteiger partial charge on any atom is 0.149 e. The highest BCUT2D eigenvalue weighted by Crippen LogP contribution is 2.42. The van der Waals surface area contributed by atoms with Crippen molar-refractivity contribution in [3.05, 3.63) is 18.1 Å². The predicted molar refractivity (Wildman–Crippen MR) is 47.9 cm³/mol. The fourth-order valence-corrected chi connectivity index (χ4v) is 1.70. The quantitative estimate of drug-likeness (QED) is 0.586. The van der Waals surface area contributed by atoms with E-state index in [0.29, 0.717) is 0 Å². The van der Waals surface area contributed by atoms with Crippen molar-refractivity contribution in [3.8, 4) is 0 Å². The lowest BCUT2D eigenvalue weighted by molar-refractivity contribution is 0.150. The highest BCUT2D eigenvalue weighted by atomic mass is 16.3. The van der Waals surface area contributed by atoms with Crippen LogP contribution in [0.4, 0.5) is 5.69 Å². The molecule has 2 rings (SSSR count). The summed E-state index contributed by atoms with van der Waals surface area (Å²) < 4.78 is 5.45. The smallest absolute Gasteiger partial charge is 0.149 e. The van der Waals surface area contributed by atoms with Gasteiger partial charge in [0.05, 0.1) is 17.5 Å². The van der Waals surface area contributed by atoms with Crippen LogP contribution < -0.4 is 5.01 Å². The van der Waals surface area contributed by atoms with E-state index in [-0.39, 0.29) is 5.54 Å². The molecule has 1 aliphatic rings. The van der Waals surface area contributed by atoms with Crippen LogP contribution in [0.25, 0.3) is 0 Å². The molecule has 3 nitrogen and oxygen atoms in total. The average molecular weight is 166 g/mol. The number of fused-ring (bicyclic) bond motifs is 1. The summed E-state index contributed by atoms with van der Waals surface area (Å²) >= 11 is 0. The second-order valence-corrected chi connectivity index (χ2v) is 3.74. The minimum absolute atomic E-state index is 0.0203. The molecule has 0 fully saturated rings. The van der Waals surface area contributed by atoms with Crippen LogP contribution in [-0.4, -0.2) is 19.1 Å². The Morgan fingerprint density at radius 1 is 1.33 bits per heavy atom. The Labute approximate surface area is 72.5 Å². The minimum atomic E-state index is -0.0203. The molecule has 0 saturated heterocycles. The van der Waals surface area contributed by atoms with E-state index >= 15 is 0 Å². The third kappa shape index (κ3) is 0.693. The average Bonchev–Trinajstić information content (AvgIpc) is 2.54. The number of hydrogen-bond donors (Lipinski definition) is 0. The minimum Gasteiger partial charge on any atom is -0.465 e. The molecule has 0 amide bonds. The van der Waals surface area contributed by atoms with Gasteiger partial charge in [-0.05, 0) is 13.8 Å². The largest absolute Gasteiger partial charge is 0.465 e. The summed E-state index contributed by atoms with van der Waals surface area (Å²) in [7, 11) is 4.11. The Morgan fingerprint density at radius 2 is 2.00 bits per heavy atom. The number of hydrogen-bond acceptors (Lipinski definition) is 3. The number of hydrazine groups is 1. The summed E-state index contributed by atoms with van der Waals surface area (Å²) in [6, 6.07) is 2.00. The molecule has 0 spiro atoms. The first kappa shape index (κ1) is 7.68. The zero-order valence-corrected chi connectivity index (χ0v) is 7.96. The van der Waals surface area contributed by atoms with Gasteiger partial charge in [0.15, 0.2) is 0 Å². The molecule has 0 atom stereocenters. The first-order valence-electron chi connectivity index (χ1n) is 4.10. The van der Waals surface area contributed by atoms with E-state index in [9.17, 15) is 0 Å². The standard InChI is InChI=1S/C9H14N2O/c1-9(2)8-7(5-6-12-8)10(3)11(9)4/h5-6H,1-4H3. The summed E-state index contributed by atoms with van der Waals surface area (Å²) in [4.78, 5) is 0. The molecule has 0 unspecified atom stereocenters. The van der Waals surface area contributed by atoms with Crippen LogP contribution in [0, 0.1) is 0 Å². The van der Waals surface area contributed by atoms with Crippen molar-refractivity contribution in [2.45, 2.75) is 19.4 Å². The fraction of sp³-hybridized carbons (Fsp3) is 0.556. The van der Waals surface area contributed by atoms with Crippen molar-refractivity contribution in [1.82, 2.24) is 5.01 Å². The second kappa shape index (κ2) is 2.04. The zero-order chi connectivity index (χ0) is 8.93. The van der Waals surface area contributed by atoms with Gasteiger partial charge in [0.1, 0.15) is 5.76 Å². The molecule has 0 aromatic carbocycles. The molecule has 0 radical (unpaired) electrons. The topological polar surface area (TPSA) is 19.6 Å². The highest BCUT2D eigenvalue weighted by molar-refractivity contribution is 5.54. The third-order valence-electron chi connectivity index (χ3n) is 2.81. The fourth-order valence-electron chi connectivity index (χ4n) is 1.70. The predicted octanol–water partition coefficient (Wildman–Crippen LogP) is 1.81. The van der Waals surface area contributed by atoms with Gasteiger partial charge < -0.3 is 9.43 Å². The summed E-state index contributed by atoms with van der Waals surface area (Å²) in [5, 5.41) is 4.28. The van der Waals surface area contributed by atoms with Crippen LogP contribution in [0.2, 0.25) is 0 Å². The van der Waals surface area contributed by atoms with Crippen LogP contribution in [0.1, 0.15) is 19.6 Å². The van der Waals surface area contributed by atoms with Crippen molar-refractivity contribution < 1.29 is 4.42 Å². The monoisotopic (exact) mass is 166 g/mol. The Hall–Kier alpha value is -0.960. The number of rotatable bonds is 0. The zero-order valence-electron chi connectivity index (χ0n) is 7.96. The summed E-state index contributed by atoms with van der Waals surface area (Å²) in [5.74, 6) is 1.05. The normalized spacial score (nSPS) is 21.5. The molecule has 1 aromatic rings. The molecule has 1 aliphatic heterocycles. The Balaban J connectivity index is 2.57. The van der Waals surface area contributed by atoms with E-state index in [1.54, 1.807) is 6.26 Å². The summed E-state index contributed by atoms with van der Waals surface area (Å²) in [6.07, 6.45) is 1.75. The maximum atomic E-state index is 5.45. The van der Waals surface area contributed by atoms with Crippen LogP contribution in [0.5, 0.6) is 0 Å². The first-order chi connectivity index (χ1) is 5.55. The summed E-state index contributed by atoms with van der Waals surface area (Å²) in [5.41, 5.74) is 1.15. The molecule has 0 N–H and O–H groups in total. The SMILES string of the molecule is CN1c2ccoc2C(C)(C)N1C. The molecule has 3 heteroatoms. The first-order valence-corrected chi connectivity index (χ1v) is 4.10. The van der Waals surface area contributed by atoms with Crippen LogP contribution >= 0.6 is 0 Å². The highest BCUT2D eigenvalue weighted by Gasteiger charge is 2.41. The summed E-state index contributed by atoms with van der Waals surface area (Å²) in [6.45, 7) is 4.30. The van der Waals surface area contributed by atoms with Gasteiger partial charge >= 0.3 is 0 Å². The van der Waals surface area contributed by atoms with Crippen LogP contribution in [0.15, 0.2) is 16.7 Å².